The Morgan fingerprint density at radius 2 is 1.72 bits per heavy atom. The largest absolute Gasteiger partial charge is 0.314 e. The van der Waals surface area contributed by atoms with E-state index in [1.165, 1.54) is 24.8 Å². The summed E-state index contributed by atoms with van der Waals surface area (Å²) in [4.78, 5) is 0. The van der Waals surface area contributed by atoms with E-state index >= 15 is 0 Å². The molecule has 2 unspecified atom stereocenters. The first-order valence-electron chi connectivity index (χ1n) is 7.47. The third-order valence-electron chi connectivity index (χ3n) is 3.50. The molecule has 0 saturated heterocycles. The predicted octanol–water partition coefficient (Wildman–Crippen LogP) is 4.59. The molecule has 0 aliphatic rings. The first-order chi connectivity index (χ1) is 8.69. The maximum absolute atomic E-state index is 3.69. The van der Waals surface area contributed by atoms with E-state index in [-0.39, 0.29) is 0 Å². The van der Waals surface area contributed by atoms with E-state index < -0.39 is 0 Å². The summed E-state index contributed by atoms with van der Waals surface area (Å²) in [7, 11) is 0. The van der Waals surface area contributed by atoms with E-state index in [4.69, 9.17) is 0 Å². The summed E-state index contributed by atoms with van der Waals surface area (Å²) >= 11 is 0. The lowest BCUT2D eigenvalue weighted by Gasteiger charge is -2.29. The highest BCUT2D eigenvalue weighted by Gasteiger charge is 2.22. The van der Waals surface area contributed by atoms with E-state index in [9.17, 15) is 0 Å². The Morgan fingerprint density at radius 3 is 2.22 bits per heavy atom. The van der Waals surface area contributed by atoms with Crippen LogP contribution in [0.5, 0.6) is 0 Å². The molecular weight excluding hydrogens is 218 g/mol. The summed E-state index contributed by atoms with van der Waals surface area (Å²) < 4.78 is 0. The van der Waals surface area contributed by atoms with Gasteiger partial charge in [-0.2, -0.15) is 0 Å². The number of likely N-dealkylation sites (N-methyl/N-ethyl adjacent to an activating group) is 1. The van der Waals surface area contributed by atoms with E-state index in [2.05, 4.69) is 63.3 Å². The van der Waals surface area contributed by atoms with Crippen LogP contribution >= 0.6 is 0 Å². The van der Waals surface area contributed by atoms with Gasteiger partial charge in [-0.25, -0.2) is 0 Å². The first kappa shape index (κ1) is 15.2. The topological polar surface area (TPSA) is 12.0 Å². The second kappa shape index (κ2) is 8.31. The van der Waals surface area contributed by atoms with Crippen LogP contribution in [0.25, 0.3) is 0 Å². The van der Waals surface area contributed by atoms with Crippen LogP contribution in [0.1, 0.15) is 58.4 Å². The van der Waals surface area contributed by atoms with Crippen molar-refractivity contribution in [1.82, 2.24) is 5.32 Å². The van der Waals surface area contributed by atoms with Crippen molar-refractivity contribution in [2.45, 2.75) is 58.9 Å². The molecule has 0 aliphatic heterocycles. The van der Waals surface area contributed by atoms with Gasteiger partial charge in [-0.3, -0.25) is 0 Å². The molecular formula is C17H29N. The second-order valence-corrected chi connectivity index (χ2v) is 5.60. The van der Waals surface area contributed by atoms with E-state index in [1.807, 2.05) is 0 Å². The Morgan fingerprint density at radius 1 is 1.06 bits per heavy atom. The highest BCUT2D eigenvalue weighted by molar-refractivity contribution is 5.21. The Bertz CT molecular complexity index is 299. The second-order valence-electron chi connectivity index (χ2n) is 5.60. The zero-order valence-corrected chi connectivity index (χ0v) is 12.4. The number of rotatable bonds is 8. The molecule has 1 rings (SSSR count). The van der Waals surface area contributed by atoms with Crippen molar-refractivity contribution >= 4 is 0 Å². The summed E-state index contributed by atoms with van der Waals surface area (Å²) in [6.07, 6.45) is 3.78. The summed E-state index contributed by atoms with van der Waals surface area (Å²) in [5.41, 5.74) is 1.49. The Hall–Kier alpha value is -0.820. The number of hydrogen-bond donors (Lipinski definition) is 1. The normalized spacial score (nSPS) is 14.7. The van der Waals surface area contributed by atoms with Gasteiger partial charge >= 0.3 is 0 Å². The third kappa shape index (κ3) is 4.81. The molecule has 0 spiro atoms. The van der Waals surface area contributed by atoms with Gasteiger partial charge in [0.15, 0.2) is 0 Å². The lowest BCUT2D eigenvalue weighted by Crippen LogP contribution is -2.35. The lowest BCUT2D eigenvalue weighted by molar-refractivity contribution is 0.362. The van der Waals surface area contributed by atoms with Crippen LogP contribution < -0.4 is 5.32 Å². The van der Waals surface area contributed by atoms with E-state index in [1.54, 1.807) is 0 Å². The molecule has 0 fully saturated rings. The quantitative estimate of drug-likeness (QED) is 0.708. The van der Waals surface area contributed by atoms with Crippen molar-refractivity contribution < 1.29 is 0 Å². The molecule has 0 radical (unpaired) electrons. The van der Waals surface area contributed by atoms with Crippen molar-refractivity contribution in [2.24, 2.45) is 5.92 Å². The van der Waals surface area contributed by atoms with E-state index in [0.29, 0.717) is 12.0 Å². The van der Waals surface area contributed by atoms with Gasteiger partial charge in [-0.15, -0.1) is 0 Å². The summed E-state index contributed by atoms with van der Waals surface area (Å²) in [6.45, 7) is 10.2. The molecule has 0 amide bonds. The van der Waals surface area contributed by atoms with Crippen LogP contribution in [0.3, 0.4) is 0 Å². The van der Waals surface area contributed by atoms with Crippen molar-refractivity contribution in [2.75, 3.05) is 6.54 Å². The third-order valence-corrected chi connectivity index (χ3v) is 3.50. The molecule has 0 heterocycles. The van der Waals surface area contributed by atoms with Crippen LogP contribution in [-0.4, -0.2) is 12.6 Å². The molecule has 0 aromatic heterocycles. The minimum atomic E-state index is 0.616. The molecule has 0 bridgehead atoms. The maximum atomic E-state index is 3.69. The van der Waals surface area contributed by atoms with Gasteiger partial charge in [0.1, 0.15) is 0 Å². The molecule has 1 N–H and O–H groups in total. The van der Waals surface area contributed by atoms with Crippen LogP contribution in [0, 0.1) is 5.92 Å². The van der Waals surface area contributed by atoms with Gasteiger partial charge in [0.25, 0.3) is 0 Å². The Kier molecular flexibility index (Phi) is 7.04. The Balaban J connectivity index is 2.87. The standard InChI is InChI=1S/C17H29N/c1-5-10-17(18-6-2)16(13-14(3)4)15-11-8-7-9-12-15/h7-9,11-12,14,16-18H,5-6,10,13H2,1-4H3. The first-order valence-corrected chi connectivity index (χ1v) is 7.47. The Labute approximate surface area is 113 Å². The smallest absolute Gasteiger partial charge is 0.0136 e. The molecule has 1 aromatic carbocycles. The monoisotopic (exact) mass is 247 g/mol. The van der Waals surface area contributed by atoms with Crippen molar-refractivity contribution in [3.05, 3.63) is 35.9 Å². The molecule has 2 atom stereocenters. The summed E-state index contributed by atoms with van der Waals surface area (Å²) in [5.74, 6) is 1.39. The zero-order valence-electron chi connectivity index (χ0n) is 12.4. The fourth-order valence-electron chi connectivity index (χ4n) is 2.76. The molecule has 1 heteroatoms. The molecule has 0 aliphatic carbocycles. The van der Waals surface area contributed by atoms with Gasteiger partial charge in [0, 0.05) is 6.04 Å². The van der Waals surface area contributed by atoms with Crippen molar-refractivity contribution in [3.63, 3.8) is 0 Å². The molecule has 0 saturated carbocycles. The minimum absolute atomic E-state index is 0.616. The van der Waals surface area contributed by atoms with Gasteiger partial charge in [0.05, 0.1) is 0 Å². The van der Waals surface area contributed by atoms with Crippen molar-refractivity contribution in [3.8, 4) is 0 Å². The average molecular weight is 247 g/mol. The average Bonchev–Trinajstić information content (AvgIpc) is 2.37. The van der Waals surface area contributed by atoms with E-state index in [0.717, 1.165) is 12.5 Å². The summed E-state index contributed by atoms with van der Waals surface area (Å²) in [5, 5.41) is 3.69. The van der Waals surface area contributed by atoms with Gasteiger partial charge in [-0.05, 0) is 36.8 Å². The minimum Gasteiger partial charge on any atom is -0.314 e. The predicted molar refractivity (Wildman–Crippen MR) is 81.0 cm³/mol. The number of benzene rings is 1. The number of nitrogens with one attached hydrogen (secondary N) is 1. The molecule has 102 valence electrons. The lowest BCUT2D eigenvalue weighted by atomic mass is 9.82. The zero-order chi connectivity index (χ0) is 13.4. The highest BCUT2D eigenvalue weighted by atomic mass is 14.9. The maximum Gasteiger partial charge on any atom is 0.0136 e. The highest BCUT2D eigenvalue weighted by Crippen LogP contribution is 2.29. The fraction of sp³-hybridized carbons (Fsp3) is 0.647. The number of hydrogen-bond acceptors (Lipinski definition) is 1. The molecule has 18 heavy (non-hydrogen) atoms. The van der Waals surface area contributed by atoms with Crippen molar-refractivity contribution in [1.29, 1.82) is 0 Å². The van der Waals surface area contributed by atoms with Gasteiger partial charge in [-0.1, -0.05) is 64.4 Å². The van der Waals surface area contributed by atoms with Gasteiger partial charge < -0.3 is 5.32 Å². The fourth-order valence-corrected chi connectivity index (χ4v) is 2.76. The molecule has 1 aromatic rings. The van der Waals surface area contributed by atoms with Gasteiger partial charge in [0.2, 0.25) is 0 Å². The molecule has 1 nitrogen and oxygen atoms in total. The van der Waals surface area contributed by atoms with Crippen LogP contribution in [0.4, 0.5) is 0 Å². The summed E-state index contributed by atoms with van der Waals surface area (Å²) in [6, 6.07) is 11.6. The van der Waals surface area contributed by atoms with Crippen LogP contribution in [-0.2, 0) is 0 Å². The SMILES string of the molecule is CCCC(NCC)C(CC(C)C)c1ccccc1. The van der Waals surface area contributed by atoms with Crippen LogP contribution in [0.15, 0.2) is 30.3 Å². The van der Waals surface area contributed by atoms with Crippen LogP contribution in [0.2, 0.25) is 0 Å².